The molecule has 310 valence electrons. The fourth-order valence-electron chi connectivity index (χ4n) is 5.87. The molecule has 0 radical (unpaired) electrons. The van der Waals surface area contributed by atoms with E-state index in [9.17, 15) is 52.7 Å². The summed E-state index contributed by atoms with van der Waals surface area (Å²) in [6, 6.07) is 10.4. The summed E-state index contributed by atoms with van der Waals surface area (Å²) in [7, 11) is 0. The van der Waals surface area contributed by atoms with Crippen molar-refractivity contribution < 1.29 is 92.9 Å². The lowest BCUT2D eigenvalue weighted by Gasteiger charge is -2.44. The molecule has 0 saturated carbocycles. The third-order valence-electron chi connectivity index (χ3n) is 8.35. The van der Waals surface area contributed by atoms with Crippen molar-refractivity contribution in [1.82, 2.24) is 0 Å². The van der Waals surface area contributed by atoms with Crippen LogP contribution in [0.1, 0.15) is 5.56 Å². The Balaban J connectivity index is 0.000000486. The molecule has 23 heteroatoms. The highest BCUT2D eigenvalue weighted by Gasteiger charge is 2.52. The van der Waals surface area contributed by atoms with Gasteiger partial charge in [-0.2, -0.15) is 0 Å². The maximum Gasteiger partial charge on any atom is 0.200 e. The molecule has 5 rings (SSSR count). The first-order valence-corrected chi connectivity index (χ1v) is 16.6. The molecule has 0 spiro atoms. The Morgan fingerprint density at radius 1 is 0.362 bits per heavy atom. The topological polar surface area (TPSA) is 20.2 Å². The first-order valence-electron chi connectivity index (χ1n) is 15.3. The maximum absolute atomic E-state index is 15.4. The number of hydrogen-bond acceptors (Lipinski definition) is 1. The fourth-order valence-corrected chi connectivity index (χ4v) is 6.77. The second-order valence-corrected chi connectivity index (χ2v) is 12.6. The van der Waals surface area contributed by atoms with Gasteiger partial charge in [0.25, 0.3) is 0 Å². The van der Waals surface area contributed by atoms with Crippen molar-refractivity contribution >= 4 is 39.8 Å². The van der Waals surface area contributed by atoms with E-state index in [-0.39, 0.29) is 6.61 Å². The molecule has 0 aliphatic carbocycles. The fraction of sp³-hybridized carbons (Fsp3) is 0.0857. The van der Waals surface area contributed by atoms with Gasteiger partial charge in [0.15, 0.2) is 69.8 Å². The Kier molecular flexibility index (Phi) is 13.9. The molecule has 5 aromatic carbocycles. The Morgan fingerprint density at radius 2 is 0.603 bits per heavy atom. The molecule has 0 atom stereocenters. The summed E-state index contributed by atoms with van der Waals surface area (Å²) in [5.74, 6) is -69.3. The van der Waals surface area contributed by atoms with Crippen LogP contribution >= 0.6 is 0 Å². The summed E-state index contributed by atoms with van der Waals surface area (Å²) in [6.45, 7) is 0.154. The average Bonchev–Trinajstić information content (AvgIpc) is 3.21. The molecule has 0 aliphatic heterocycles. The van der Waals surface area contributed by atoms with E-state index in [1.807, 2.05) is 12.1 Å². The molecule has 0 heterocycles. The monoisotopic (exact) mass is 874 g/mol. The highest BCUT2D eigenvalue weighted by molar-refractivity contribution is 7.77. The standard InChI is InChI=1S/C24BF20.C11H14OS/c26-5-1(6(27)14(35)21(42)13(5)34)25(2-7(28)15(36)22(43)16(37)8(2)29,3-9(30)17(38)23(44)18(39)10(3)31)4-11(32)19(40)24(45)20(41)12(4)33;12-8-4-5-9-13-10-11-6-2-1-3-7-11/h;1-7,12H,8-10H2/q-1;/p+1. The predicted octanol–water partition coefficient (Wildman–Crippen LogP) is 7.40. The van der Waals surface area contributed by atoms with Crippen LogP contribution in [0.25, 0.3) is 0 Å². The van der Waals surface area contributed by atoms with Crippen LogP contribution in [-0.4, -0.2) is 23.6 Å². The largest absolute Gasteiger partial charge is 0.392 e. The van der Waals surface area contributed by atoms with Crippen molar-refractivity contribution in [3.05, 3.63) is 164 Å². The molecule has 0 bridgehead atoms. The van der Waals surface area contributed by atoms with Crippen LogP contribution in [0, 0.1) is 116 Å². The quantitative estimate of drug-likeness (QED) is 0.0240. The van der Waals surface area contributed by atoms with Crippen LogP contribution < -0.4 is 21.9 Å². The predicted molar refractivity (Wildman–Crippen MR) is 169 cm³/mol. The Hall–Kier alpha value is -5.19. The molecular weight excluding hydrogens is 859 g/mol. The van der Waals surface area contributed by atoms with Gasteiger partial charge in [0.1, 0.15) is 64.2 Å². The van der Waals surface area contributed by atoms with Gasteiger partial charge < -0.3 is 5.11 Å². The number of benzene rings is 5. The zero-order chi connectivity index (χ0) is 43.7. The zero-order valence-corrected chi connectivity index (χ0v) is 28.6. The van der Waals surface area contributed by atoms with Gasteiger partial charge in [0.05, 0.1) is 6.61 Å². The minimum absolute atomic E-state index is 0.154. The van der Waals surface area contributed by atoms with Gasteiger partial charge in [0.2, 0.25) is 0 Å². The van der Waals surface area contributed by atoms with Crippen LogP contribution in [0.4, 0.5) is 87.8 Å². The maximum atomic E-state index is 15.4. The van der Waals surface area contributed by atoms with E-state index in [0.717, 1.165) is 11.5 Å². The number of halogens is 20. The average molecular weight is 874 g/mol. The lowest BCUT2D eigenvalue weighted by Crippen LogP contribution is -2.81. The number of rotatable bonds is 9. The van der Waals surface area contributed by atoms with Crippen LogP contribution in [0.3, 0.4) is 0 Å². The summed E-state index contributed by atoms with van der Waals surface area (Å²) in [4.78, 5) is 0. The van der Waals surface area contributed by atoms with Gasteiger partial charge in [-0.1, -0.05) is 36.4 Å². The van der Waals surface area contributed by atoms with Crippen LogP contribution in [0.2, 0.25) is 0 Å². The molecule has 0 unspecified atom stereocenters. The Labute approximate surface area is 315 Å². The van der Waals surface area contributed by atoms with Crippen LogP contribution in [0.5, 0.6) is 0 Å². The van der Waals surface area contributed by atoms with E-state index in [1.165, 1.54) is 17.3 Å². The van der Waals surface area contributed by atoms with Gasteiger partial charge in [0, 0.05) is 5.56 Å². The third kappa shape index (κ3) is 7.48. The lowest BCUT2D eigenvalue weighted by atomic mass is 9.12. The molecule has 1 N–H and O–H groups in total. The number of hydrogen-bond donors (Lipinski definition) is 1. The summed E-state index contributed by atoms with van der Waals surface area (Å²) in [6.07, 6.45) is -3.41. The van der Waals surface area contributed by atoms with E-state index in [2.05, 4.69) is 24.3 Å². The van der Waals surface area contributed by atoms with Gasteiger partial charge in [-0.15, -0.1) is 21.9 Å². The van der Waals surface area contributed by atoms with Crippen molar-refractivity contribution in [3.8, 4) is 0 Å². The highest BCUT2D eigenvalue weighted by Crippen LogP contribution is 2.30. The smallest absolute Gasteiger partial charge is 0.200 e. The number of aliphatic hydroxyl groups excluding tert-OH is 1. The van der Waals surface area contributed by atoms with Crippen molar-refractivity contribution in [2.45, 2.75) is 5.75 Å². The normalized spacial score (nSPS) is 11.7. The molecule has 0 amide bonds. The van der Waals surface area contributed by atoms with Crippen molar-refractivity contribution in [3.63, 3.8) is 0 Å². The summed E-state index contributed by atoms with van der Waals surface area (Å²) in [5, 5.41) is 8.49. The van der Waals surface area contributed by atoms with E-state index in [1.54, 1.807) is 6.08 Å². The second-order valence-electron chi connectivity index (χ2n) is 11.5. The highest BCUT2D eigenvalue weighted by atomic mass is 32.2. The SMILES string of the molecule is Fc1c(F)c(F)c([B-](c2c(F)c(F)c(F)c(F)c2F)(c2c(F)c(F)c(F)c(F)c2F)c2c(F)c(F)c(F)c(F)c2F)c(F)c1F.OCC=CC[SH+]Cc1ccccc1. The molecule has 1 nitrogen and oxygen atoms in total. The van der Waals surface area contributed by atoms with E-state index < -0.39 is 144 Å². The van der Waals surface area contributed by atoms with E-state index >= 15 is 35.1 Å². The molecule has 0 saturated heterocycles. The van der Waals surface area contributed by atoms with E-state index in [0.29, 0.717) is 0 Å². The zero-order valence-electron chi connectivity index (χ0n) is 27.7. The number of thiol groups is 1. The molecule has 0 aliphatic rings. The van der Waals surface area contributed by atoms with Crippen molar-refractivity contribution in [1.29, 1.82) is 0 Å². The van der Waals surface area contributed by atoms with Gasteiger partial charge >= 0.3 is 0 Å². The number of aliphatic hydroxyl groups is 1. The van der Waals surface area contributed by atoms with Crippen LogP contribution in [0.15, 0.2) is 42.5 Å². The summed E-state index contributed by atoms with van der Waals surface area (Å²) in [5.41, 5.74) is -13.0. The minimum Gasteiger partial charge on any atom is -0.392 e. The first-order chi connectivity index (χ1) is 27.1. The second kappa shape index (κ2) is 17.8. The molecule has 0 fully saturated rings. The molecular formula is C35H15BF20OS. The van der Waals surface area contributed by atoms with Crippen molar-refractivity contribution in [2.24, 2.45) is 0 Å². The summed E-state index contributed by atoms with van der Waals surface area (Å²) >= 11 is 1.38. The van der Waals surface area contributed by atoms with Gasteiger partial charge in [-0.25, -0.2) is 87.8 Å². The van der Waals surface area contributed by atoms with E-state index in [4.69, 9.17) is 5.11 Å². The van der Waals surface area contributed by atoms with Crippen molar-refractivity contribution in [2.75, 3.05) is 12.4 Å². The first kappa shape index (κ1) is 45.5. The minimum atomic E-state index is -7.22. The molecule has 5 aromatic rings. The lowest BCUT2D eigenvalue weighted by molar-refractivity contribution is 0.342. The van der Waals surface area contributed by atoms with Gasteiger partial charge in [-0.05, 0) is 17.8 Å². The van der Waals surface area contributed by atoms with Crippen LogP contribution in [-0.2, 0) is 17.5 Å². The summed E-state index contributed by atoms with van der Waals surface area (Å²) < 4.78 is 294. The van der Waals surface area contributed by atoms with Gasteiger partial charge in [-0.3, -0.25) is 0 Å². The molecule has 0 aromatic heterocycles. The Morgan fingerprint density at radius 3 is 0.845 bits per heavy atom. The third-order valence-corrected chi connectivity index (χ3v) is 9.41. The molecule has 58 heavy (non-hydrogen) atoms. The Bertz CT molecular complexity index is 2040.